The minimum atomic E-state index is 0.0274. The van der Waals surface area contributed by atoms with E-state index in [1.807, 2.05) is 12.4 Å². The van der Waals surface area contributed by atoms with E-state index in [4.69, 9.17) is 5.84 Å². The summed E-state index contributed by atoms with van der Waals surface area (Å²) in [7, 11) is 0. The molecular weight excluding hydrogens is 254 g/mol. The fourth-order valence-electron chi connectivity index (χ4n) is 2.28. The topological polar surface area (TPSA) is 50.9 Å². The number of aryl methyl sites for hydroxylation is 1. The molecule has 3 nitrogen and oxygen atoms in total. The molecule has 1 atom stereocenters. The maximum absolute atomic E-state index is 5.75. The number of nitrogens with zero attached hydrogens (tertiary/aromatic N) is 1. The van der Waals surface area contributed by atoms with Crippen molar-refractivity contribution in [3.8, 4) is 0 Å². The van der Waals surface area contributed by atoms with Crippen molar-refractivity contribution in [3.63, 3.8) is 0 Å². The van der Waals surface area contributed by atoms with E-state index in [1.54, 1.807) is 11.3 Å². The molecule has 1 aromatic carbocycles. The average molecular weight is 275 g/mol. The summed E-state index contributed by atoms with van der Waals surface area (Å²) in [4.78, 5) is 5.49. The van der Waals surface area contributed by atoms with E-state index in [-0.39, 0.29) is 6.04 Å². The Morgan fingerprint density at radius 2 is 2.16 bits per heavy atom. The molecule has 2 aromatic rings. The summed E-state index contributed by atoms with van der Waals surface area (Å²) in [6.07, 6.45) is 1.09. The van der Waals surface area contributed by atoms with Crippen LogP contribution in [0.25, 0.3) is 0 Å². The quantitative estimate of drug-likeness (QED) is 0.651. The molecule has 0 fully saturated rings. The van der Waals surface area contributed by atoms with E-state index in [1.165, 1.54) is 16.0 Å². The molecule has 0 spiro atoms. The van der Waals surface area contributed by atoms with Crippen LogP contribution in [0, 0.1) is 12.8 Å². The Labute approximate surface area is 118 Å². The Kier molecular flexibility index (Phi) is 4.69. The first-order chi connectivity index (χ1) is 9.11. The lowest BCUT2D eigenvalue weighted by Gasteiger charge is -2.17. The number of thiazole rings is 1. The van der Waals surface area contributed by atoms with Gasteiger partial charge in [0.2, 0.25) is 0 Å². The van der Waals surface area contributed by atoms with Gasteiger partial charge in [-0.2, -0.15) is 0 Å². The number of rotatable bonds is 5. The maximum atomic E-state index is 5.75. The van der Waals surface area contributed by atoms with Crippen LogP contribution >= 0.6 is 11.3 Å². The van der Waals surface area contributed by atoms with Gasteiger partial charge in [0.1, 0.15) is 0 Å². The Morgan fingerprint density at radius 3 is 2.74 bits per heavy atom. The van der Waals surface area contributed by atoms with Crippen LogP contribution in [-0.2, 0) is 6.42 Å². The zero-order valence-electron chi connectivity index (χ0n) is 11.7. The van der Waals surface area contributed by atoms with E-state index >= 15 is 0 Å². The van der Waals surface area contributed by atoms with Crippen molar-refractivity contribution < 1.29 is 0 Å². The van der Waals surface area contributed by atoms with Crippen molar-refractivity contribution in [2.45, 2.75) is 33.2 Å². The number of hydrazine groups is 1. The summed E-state index contributed by atoms with van der Waals surface area (Å²) < 4.78 is 0. The van der Waals surface area contributed by atoms with Crippen LogP contribution in [0.1, 0.15) is 41.6 Å². The Morgan fingerprint density at radius 1 is 1.37 bits per heavy atom. The smallest absolute Gasteiger partial charge is 0.0821 e. The largest absolute Gasteiger partial charge is 0.271 e. The van der Waals surface area contributed by atoms with Gasteiger partial charge >= 0.3 is 0 Å². The molecule has 0 saturated carbocycles. The minimum Gasteiger partial charge on any atom is -0.271 e. The van der Waals surface area contributed by atoms with Crippen LogP contribution in [0.5, 0.6) is 0 Å². The van der Waals surface area contributed by atoms with Crippen LogP contribution in [0.2, 0.25) is 0 Å². The lowest BCUT2D eigenvalue weighted by atomic mass is 9.97. The lowest BCUT2D eigenvalue weighted by Crippen LogP contribution is -2.28. The molecule has 1 unspecified atom stereocenters. The molecule has 0 saturated heterocycles. The molecule has 0 aliphatic carbocycles. The Balaban J connectivity index is 2.31. The molecule has 19 heavy (non-hydrogen) atoms. The molecule has 0 amide bonds. The molecule has 0 aliphatic heterocycles. The van der Waals surface area contributed by atoms with Crippen molar-refractivity contribution in [2.75, 3.05) is 0 Å². The van der Waals surface area contributed by atoms with E-state index in [0.29, 0.717) is 5.92 Å². The fraction of sp³-hybridized carbons (Fsp3) is 0.400. The van der Waals surface area contributed by atoms with Gasteiger partial charge in [-0.1, -0.05) is 38.1 Å². The van der Waals surface area contributed by atoms with E-state index < -0.39 is 0 Å². The standard InChI is InChI=1S/C15H21N3S/c1-10(2)7-12-5-4-6-13(8-12)14(18-16)15-11(3)17-9-19-15/h4-6,8-10,14,18H,7,16H2,1-3H3. The molecule has 1 aromatic heterocycles. The molecular formula is C15H21N3S. The summed E-state index contributed by atoms with van der Waals surface area (Å²) in [5.74, 6) is 6.40. The first-order valence-electron chi connectivity index (χ1n) is 6.56. The highest BCUT2D eigenvalue weighted by molar-refractivity contribution is 7.09. The number of aromatic nitrogens is 1. The predicted molar refractivity (Wildman–Crippen MR) is 81.0 cm³/mol. The van der Waals surface area contributed by atoms with E-state index in [0.717, 1.165) is 12.1 Å². The van der Waals surface area contributed by atoms with Crippen molar-refractivity contribution in [2.24, 2.45) is 11.8 Å². The van der Waals surface area contributed by atoms with E-state index in [9.17, 15) is 0 Å². The van der Waals surface area contributed by atoms with Crippen molar-refractivity contribution >= 4 is 11.3 Å². The van der Waals surface area contributed by atoms with Gasteiger partial charge in [0.15, 0.2) is 0 Å². The second kappa shape index (κ2) is 6.28. The fourth-order valence-corrected chi connectivity index (χ4v) is 3.17. The molecule has 0 aliphatic rings. The molecule has 3 N–H and O–H groups in total. The van der Waals surface area contributed by atoms with Crippen LogP contribution < -0.4 is 11.3 Å². The summed E-state index contributed by atoms with van der Waals surface area (Å²) in [6.45, 7) is 6.49. The van der Waals surface area contributed by atoms with Gasteiger partial charge in [-0.15, -0.1) is 11.3 Å². The van der Waals surface area contributed by atoms with Gasteiger partial charge in [-0.05, 0) is 30.4 Å². The second-order valence-corrected chi connectivity index (χ2v) is 6.13. The van der Waals surface area contributed by atoms with Crippen molar-refractivity contribution in [3.05, 3.63) is 51.5 Å². The third-order valence-electron chi connectivity index (χ3n) is 3.14. The zero-order chi connectivity index (χ0) is 13.8. The highest BCUT2D eigenvalue weighted by Crippen LogP contribution is 2.28. The molecule has 102 valence electrons. The van der Waals surface area contributed by atoms with Crippen molar-refractivity contribution in [1.29, 1.82) is 0 Å². The maximum Gasteiger partial charge on any atom is 0.0821 e. The van der Waals surface area contributed by atoms with Crippen LogP contribution in [-0.4, -0.2) is 4.98 Å². The Bertz CT molecular complexity index is 534. The second-order valence-electron chi connectivity index (χ2n) is 5.24. The third-order valence-corrected chi connectivity index (χ3v) is 4.14. The summed E-state index contributed by atoms with van der Waals surface area (Å²) in [5.41, 5.74) is 8.38. The minimum absolute atomic E-state index is 0.0274. The van der Waals surface area contributed by atoms with Crippen LogP contribution in [0.3, 0.4) is 0 Å². The number of nitrogens with two attached hydrogens (primary N) is 1. The summed E-state index contributed by atoms with van der Waals surface area (Å²) >= 11 is 1.64. The van der Waals surface area contributed by atoms with Gasteiger partial charge in [0, 0.05) is 0 Å². The van der Waals surface area contributed by atoms with Gasteiger partial charge in [-0.3, -0.25) is 5.84 Å². The predicted octanol–water partition coefficient (Wildman–Crippen LogP) is 3.20. The molecule has 1 heterocycles. The number of hydrogen-bond donors (Lipinski definition) is 2. The lowest BCUT2D eigenvalue weighted by molar-refractivity contribution is 0.631. The molecule has 4 heteroatoms. The molecule has 0 radical (unpaired) electrons. The SMILES string of the molecule is Cc1ncsc1C(NN)c1cccc(CC(C)C)c1. The van der Waals surface area contributed by atoms with Gasteiger partial charge in [0.05, 0.1) is 22.1 Å². The van der Waals surface area contributed by atoms with Crippen molar-refractivity contribution in [1.82, 2.24) is 10.4 Å². The normalized spacial score (nSPS) is 12.9. The average Bonchev–Trinajstić information content (AvgIpc) is 2.77. The number of benzene rings is 1. The monoisotopic (exact) mass is 275 g/mol. The van der Waals surface area contributed by atoms with Crippen LogP contribution in [0.15, 0.2) is 29.8 Å². The molecule has 0 bridgehead atoms. The zero-order valence-corrected chi connectivity index (χ0v) is 12.5. The van der Waals surface area contributed by atoms with E-state index in [2.05, 4.69) is 48.5 Å². The Hall–Kier alpha value is -1.23. The first kappa shape index (κ1) is 14.2. The molecule has 2 rings (SSSR count). The summed E-state index contributed by atoms with van der Waals surface area (Å²) in [6, 6.07) is 8.67. The summed E-state index contributed by atoms with van der Waals surface area (Å²) in [5, 5.41) is 0. The number of nitrogens with one attached hydrogen (secondary N) is 1. The van der Waals surface area contributed by atoms with Gasteiger partial charge in [0.25, 0.3) is 0 Å². The highest BCUT2D eigenvalue weighted by atomic mass is 32.1. The van der Waals surface area contributed by atoms with Gasteiger partial charge in [-0.25, -0.2) is 10.4 Å². The number of hydrogen-bond acceptors (Lipinski definition) is 4. The third kappa shape index (κ3) is 3.41. The van der Waals surface area contributed by atoms with Crippen LogP contribution in [0.4, 0.5) is 0 Å². The highest BCUT2D eigenvalue weighted by Gasteiger charge is 2.17. The first-order valence-corrected chi connectivity index (χ1v) is 7.44. The van der Waals surface area contributed by atoms with Gasteiger partial charge < -0.3 is 0 Å².